The van der Waals surface area contributed by atoms with Gasteiger partial charge >= 0.3 is 0 Å². The smallest absolute Gasteiger partial charge is 0.224 e. The summed E-state index contributed by atoms with van der Waals surface area (Å²) < 4.78 is 0. The third-order valence-corrected chi connectivity index (χ3v) is 3.15. The number of amides is 1. The molecule has 1 aliphatic carbocycles. The van der Waals surface area contributed by atoms with Crippen molar-refractivity contribution in [2.24, 2.45) is 11.7 Å². The van der Waals surface area contributed by atoms with E-state index in [-0.39, 0.29) is 5.91 Å². The minimum absolute atomic E-state index is 0.107. The van der Waals surface area contributed by atoms with Crippen LogP contribution in [0.1, 0.15) is 24.5 Å². The van der Waals surface area contributed by atoms with E-state index in [4.69, 9.17) is 5.73 Å². The van der Waals surface area contributed by atoms with Gasteiger partial charge in [0.2, 0.25) is 5.91 Å². The van der Waals surface area contributed by atoms with Gasteiger partial charge in [0.25, 0.3) is 0 Å². The Kier molecular flexibility index (Phi) is 3.25. The van der Waals surface area contributed by atoms with Crippen molar-refractivity contribution >= 4 is 5.91 Å². The highest BCUT2D eigenvalue weighted by Gasteiger charge is 2.33. The number of nitrogens with one attached hydrogen (secondary N) is 1. The van der Waals surface area contributed by atoms with Crippen LogP contribution in [0, 0.1) is 5.92 Å². The van der Waals surface area contributed by atoms with Gasteiger partial charge in [0, 0.05) is 12.6 Å². The molecule has 3 heteroatoms. The SMILES string of the molecule is CC1CC1NC(=O)Cc1ccccc1CN. The molecule has 1 amide bonds. The van der Waals surface area contributed by atoms with Crippen LogP contribution in [0.25, 0.3) is 0 Å². The van der Waals surface area contributed by atoms with Crippen molar-refractivity contribution in [3.8, 4) is 0 Å². The third kappa shape index (κ3) is 2.61. The van der Waals surface area contributed by atoms with Gasteiger partial charge in [-0.15, -0.1) is 0 Å². The molecule has 16 heavy (non-hydrogen) atoms. The minimum Gasteiger partial charge on any atom is -0.353 e. The predicted octanol–water partition coefficient (Wildman–Crippen LogP) is 1.21. The molecular weight excluding hydrogens is 200 g/mol. The molecule has 3 N–H and O–H groups in total. The van der Waals surface area contributed by atoms with Gasteiger partial charge in [-0.2, -0.15) is 0 Å². The predicted molar refractivity (Wildman–Crippen MR) is 63.7 cm³/mol. The molecule has 1 aromatic rings. The Hall–Kier alpha value is -1.35. The second-order valence-electron chi connectivity index (χ2n) is 4.54. The highest BCUT2D eigenvalue weighted by molar-refractivity contribution is 5.79. The molecule has 2 rings (SSSR count). The number of carbonyl (C=O) groups is 1. The molecule has 86 valence electrons. The molecule has 1 fully saturated rings. The molecule has 1 aromatic carbocycles. The van der Waals surface area contributed by atoms with Crippen LogP contribution < -0.4 is 11.1 Å². The largest absolute Gasteiger partial charge is 0.353 e. The second kappa shape index (κ2) is 4.66. The molecule has 1 aliphatic rings. The summed E-state index contributed by atoms with van der Waals surface area (Å²) in [6, 6.07) is 8.24. The first-order valence-electron chi connectivity index (χ1n) is 5.77. The van der Waals surface area contributed by atoms with E-state index in [2.05, 4.69) is 12.2 Å². The molecular formula is C13H18N2O. The van der Waals surface area contributed by atoms with Crippen molar-refractivity contribution in [2.75, 3.05) is 0 Å². The van der Waals surface area contributed by atoms with E-state index in [9.17, 15) is 4.79 Å². The number of hydrogen-bond acceptors (Lipinski definition) is 2. The third-order valence-electron chi connectivity index (χ3n) is 3.15. The normalized spacial score (nSPS) is 22.9. The molecule has 0 heterocycles. The molecule has 2 atom stereocenters. The number of benzene rings is 1. The maximum Gasteiger partial charge on any atom is 0.224 e. The zero-order chi connectivity index (χ0) is 11.5. The van der Waals surface area contributed by atoms with E-state index in [1.807, 2.05) is 24.3 Å². The molecule has 0 spiro atoms. The molecule has 0 aliphatic heterocycles. The fourth-order valence-corrected chi connectivity index (χ4v) is 1.88. The topological polar surface area (TPSA) is 55.1 Å². The van der Waals surface area contributed by atoms with Gasteiger partial charge in [-0.25, -0.2) is 0 Å². The van der Waals surface area contributed by atoms with E-state index < -0.39 is 0 Å². The van der Waals surface area contributed by atoms with E-state index in [1.165, 1.54) is 0 Å². The molecule has 0 radical (unpaired) electrons. The summed E-state index contributed by atoms with van der Waals surface area (Å²) in [5.41, 5.74) is 7.73. The Labute approximate surface area is 96.0 Å². The first-order valence-corrected chi connectivity index (χ1v) is 5.77. The Morgan fingerprint density at radius 2 is 2.06 bits per heavy atom. The molecule has 0 aromatic heterocycles. The van der Waals surface area contributed by atoms with Crippen LogP contribution in [0.2, 0.25) is 0 Å². The van der Waals surface area contributed by atoms with Crippen molar-refractivity contribution in [1.29, 1.82) is 0 Å². The van der Waals surface area contributed by atoms with Gasteiger partial charge in [-0.1, -0.05) is 31.2 Å². The van der Waals surface area contributed by atoms with Crippen molar-refractivity contribution in [3.63, 3.8) is 0 Å². The summed E-state index contributed by atoms with van der Waals surface area (Å²) >= 11 is 0. The second-order valence-corrected chi connectivity index (χ2v) is 4.54. The van der Waals surface area contributed by atoms with Crippen molar-refractivity contribution in [1.82, 2.24) is 5.32 Å². The summed E-state index contributed by atoms with van der Waals surface area (Å²) in [4.78, 5) is 11.7. The maximum atomic E-state index is 11.7. The van der Waals surface area contributed by atoms with E-state index >= 15 is 0 Å². The fourth-order valence-electron chi connectivity index (χ4n) is 1.88. The molecule has 1 saturated carbocycles. The van der Waals surface area contributed by atoms with Crippen LogP contribution in [0.15, 0.2) is 24.3 Å². The van der Waals surface area contributed by atoms with E-state index in [1.54, 1.807) is 0 Å². The first-order chi connectivity index (χ1) is 7.70. The summed E-state index contributed by atoms with van der Waals surface area (Å²) in [7, 11) is 0. The number of hydrogen-bond donors (Lipinski definition) is 2. The van der Waals surface area contributed by atoms with Crippen molar-refractivity contribution in [3.05, 3.63) is 35.4 Å². The molecule has 2 unspecified atom stereocenters. The summed E-state index contributed by atoms with van der Waals surface area (Å²) in [5.74, 6) is 0.754. The lowest BCUT2D eigenvalue weighted by Gasteiger charge is -2.07. The summed E-state index contributed by atoms with van der Waals surface area (Å²) in [6.45, 7) is 2.64. The van der Waals surface area contributed by atoms with Crippen molar-refractivity contribution in [2.45, 2.75) is 32.4 Å². The van der Waals surface area contributed by atoms with E-state index in [0.29, 0.717) is 24.9 Å². The van der Waals surface area contributed by atoms with E-state index in [0.717, 1.165) is 17.5 Å². The van der Waals surface area contributed by atoms with Crippen molar-refractivity contribution < 1.29 is 4.79 Å². The Bertz CT molecular complexity index is 389. The number of nitrogens with two attached hydrogens (primary N) is 1. The Morgan fingerprint density at radius 3 is 2.62 bits per heavy atom. The zero-order valence-electron chi connectivity index (χ0n) is 9.57. The Balaban J connectivity index is 1.94. The molecule has 0 saturated heterocycles. The van der Waals surface area contributed by atoms with Gasteiger partial charge in [0.15, 0.2) is 0 Å². The summed E-state index contributed by atoms with van der Waals surface area (Å²) in [5, 5.41) is 3.02. The maximum absolute atomic E-state index is 11.7. The number of rotatable bonds is 4. The molecule has 3 nitrogen and oxygen atoms in total. The monoisotopic (exact) mass is 218 g/mol. The summed E-state index contributed by atoms with van der Waals surface area (Å²) in [6.07, 6.45) is 1.56. The lowest BCUT2D eigenvalue weighted by atomic mass is 10.0. The van der Waals surface area contributed by atoms with Crippen LogP contribution in [0.5, 0.6) is 0 Å². The van der Waals surface area contributed by atoms with Gasteiger partial charge < -0.3 is 11.1 Å². The quantitative estimate of drug-likeness (QED) is 0.798. The minimum atomic E-state index is 0.107. The van der Waals surface area contributed by atoms with Crippen LogP contribution in [0.3, 0.4) is 0 Å². The van der Waals surface area contributed by atoms with Gasteiger partial charge in [0.05, 0.1) is 6.42 Å². The molecule has 0 bridgehead atoms. The standard InChI is InChI=1S/C13H18N2O/c1-9-6-12(9)15-13(16)7-10-4-2-3-5-11(10)8-14/h2-5,9,12H,6-8,14H2,1H3,(H,15,16). The van der Waals surface area contributed by atoms with Gasteiger partial charge in [-0.05, 0) is 23.5 Å². The Morgan fingerprint density at radius 1 is 1.44 bits per heavy atom. The van der Waals surface area contributed by atoms with Crippen LogP contribution in [0.4, 0.5) is 0 Å². The average Bonchev–Trinajstić information content (AvgIpc) is 2.94. The van der Waals surface area contributed by atoms with Crippen LogP contribution in [-0.2, 0) is 17.8 Å². The number of carbonyl (C=O) groups excluding carboxylic acids is 1. The highest BCUT2D eigenvalue weighted by Crippen LogP contribution is 2.28. The van der Waals surface area contributed by atoms with Crippen LogP contribution >= 0.6 is 0 Å². The first kappa shape index (κ1) is 11.1. The van der Waals surface area contributed by atoms with Gasteiger partial charge in [0.1, 0.15) is 0 Å². The lowest BCUT2D eigenvalue weighted by molar-refractivity contribution is -0.120. The van der Waals surface area contributed by atoms with Crippen LogP contribution in [-0.4, -0.2) is 11.9 Å². The average molecular weight is 218 g/mol. The zero-order valence-corrected chi connectivity index (χ0v) is 9.57. The van der Waals surface area contributed by atoms with Gasteiger partial charge in [-0.3, -0.25) is 4.79 Å². The fraction of sp³-hybridized carbons (Fsp3) is 0.462. The lowest BCUT2D eigenvalue weighted by Crippen LogP contribution is -2.28. The highest BCUT2D eigenvalue weighted by atomic mass is 16.1.